The van der Waals surface area contributed by atoms with Crippen LogP contribution in [0, 0.1) is 0 Å². The maximum atomic E-state index is 4.43. The van der Waals surface area contributed by atoms with Crippen LogP contribution in [0.5, 0.6) is 0 Å². The molecule has 78 valence electrons. The molecule has 0 fully saturated rings. The standard InChI is InChI=1S/C13H21N/c1-5-10(3)12-7-8-14-13(9-12)11(4)6-2/h7-11H,5-6H2,1-4H3. The summed E-state index contributed by atoms with van der Waals surface area (Å²) in [6.07, 6.45) is 4.31. The lowest BCUT2D eigenvalue weighted by atomic mass is 9.96. The van der Waals surface area contributed by atoms with E-state index in [1.54, 1.807) is 0 Å². The van der Waals surface area contributed by atoms with Gasteiger partial charge in [0.1, 0.15) is 0 Å². The Balaban J connectivity index is 2.89. The van der Waals surface area contributed by atoms with Gasteiger partial charge in [0.15, 0.2) is 0 Å². The first kappa shape index (κ1) is 11.2. The van der Waals surface area contributed by atoms with E-state index in [9.17, 15) is 0 Å². The van der Waals surface area contributed by atoms with Crippen LogP contribution in [0.4, 0.5) is 0 Å². The molecule has 0 bridgehead atoms. The lowest BCUT2D eigenvalue weighted by Crippen LogP contribution is -1.99. The van der Waals surface area contributed by atoms with E-state index in [0.717, 1.165) is 6.42 Å². The lowest BCUT2D eigenvalue weighted by molar-refractivity contribution is 0.691. The zero-order valence-electron chi connectivity index (χ0n) is 9.75. The molecule has 1 aromatic rings. The van der Waals surface area contributed by atoms with E-state index in [2.05, 4.69) is 44.8 Å². The van der Waals surface area contributed by atoms with Crippen LogP contribution in [-0.4, -0.2) is 4.98 Å². The molecule has 2 unspecified atom stereocenters. The second kappa shape index (κ2) is 5.14. The minimum absolute atomic E-state index is 0.582. The van der Waals surface area contributed by atoms with Gasteiger partial charge in [-0.3, -0.25) is 4.98 Å². The highest BCUT2D eigenvalue weighted by Crippen LogP contribution is 2.22. The molecule has 0 aliphatic heterocycles. The summed E-state index contributed by atoms with van der Waals surface area (Å²) in [5.74, 6) is 1.24. The Bertz CT molecular complexity index is 255. The molecule has 0 N–H and O–H groups in total. The number of aromatic nitrogens is 1. The van der Waals surface area contributed by atoms with Crippen molar-refractivity contribution in [2.45, 2.75) is 52.4 Å². The summed E-state index contributed by atoms with van der Waals surface area (Å²) in [6.45, 7) is 8.95. The van der Waals surface area contributed by atoms with Crippen molar-refractivity contribution >= 4 is 0 Å². The topological polar surface area (TPSA) is 12.9 Å². The molecular formula is C13H21N. The van der Waals surface area contributed by atoms with Crippen LogP contribution in [0.3, 0.4) is 0 Å². The molecule has 0 aliphatic carbocycles. The van der Waals surface area contributed by atoms with Crippen molar-refractivity contribution in [3.8, 4) is 0 Å². The number of pyridine rings is 1. The van der Waals surface area contributed by atoms with Crippen LogP contribution in [0.1, 0.15) is 63.6 Å². The lowest BCUT2D eigenvalue weighted by Gasteiger charge is -2.13. The van der Waals surface area contributed by atoms with Gasteiger partial charge in [-0.15, -0.1) is 0 Å². The molecule has 1 aromatic heterocycles. The number of nitrogens with zero attached hydrogens (tertiary/aromatic N) is 1. The fourth-order valence-electron chi connectivity index (χ4n) is 1.49. The van der Waals surface area contributed by atoms with E-state index in [0.29, 0.717) is 11.8 Å². The van der Waals surface area contributed by atoms with Crippen LogP contribution in [-0.2, 0) is 0 Å². The van der Waals surface area contributed by atoms with E-state index in [1.165, 1.54) is 17.7 Å². The highest BCUT2D eigenvalue weighted by molar-refractivity contribution is 5.21. The van der Waals surface area contributed by atoms with Gasteiger partial charge in [0.25, 0.3) is 0 Å². The van der Waals surface area contributed by atoms with Crippen molar-refractivity contribution in [2.24, 2.45) is 0 Å². The van der Waals surface area contributed by atoms with Gasteiger partial charge in [-0.05, 0) is 42.4 Å². The molecule has 0 amide bonds. The first-order valence-corrected chi connectivity index (χ1v) is 5.64. The SMILES string of the molecule is CCC(C)c1ccnc(C(C)CC)c1. The molecule has 1 rings (SSSR count). The highest BCUT2D eigenvalue weighted by atomic mass is 14.7. The number of hydrogen-bond acceptors (Lipinski definition) is 1. The fraction of sp³-hybridized carbons (Fsp3) is 0.615. The molecular weight excluding hydrogens is 170 g/mol. The van der Waals surface area contributed by atoms with Gasteiger partial charge in [-0.1, -0.05) is 27.7 Å². The van der Waals surface area contributed by atoms with Crippen molar-refractivity contribution in [2.75, 3.05) is 0 Å². The second-order valence-electron chi connectivity index (χ2n) is 4.13. The maximum Gasteiger partial charge on any atom is 0.0434 e. The van der Waals surface area contributed by atoms with Crippen LogP contribution < -0.4 is 0 Å². The zero-order chi connectivity index (χ0) is 10.6. The fourth-order valence-corrected chi connectivity index (χ4v) is 1.49. The van der Waals surface area contributed by atoms with E-state index in [4.69, 9.17) is 0 Å². The van der Waals surface area contributed by atoms with Gasteiger partial charge in [0, 0.05) is 11.9 Å². The first-order chi connectivity index (χ1) is 6.69. The van der Waals surface area contributed by atoms with Gasteiger partial charge < -0.3 is 0 Å². The van der Waals surface area contributed by atoms with Crippen molar-refractivity contribution in [1.82, 2.24) is 4.98 Å². The van der Waals surface area contributed by atoms with E-state index >= 15 is 0 Å². The second-order valence-corrected chi connectivity index (χ2v) is 4.13. The van der Waals surface area contributed by atoms with Crippen molar-refractivity contribution in [3.05, 3.63) is 29.6 Å². The summed E-state index contributed by atoms with van der Waals surface area (Å²) >= 11 is 0. The van der Waals surface area contributed by atoms with E-state index < -0.39 is 0 Å². The Morgan fingerprint density at radius 3 is 2.36 bits per heavy atom. The van der Waals surface area contributed by atoms with Crippen molar-refractivity contribution in [3.63, 3.8) is 0 Å². The smallest absolute Gasteiger partial charge is 0.0434 e. The van der Waals surface area contributed by atoms with Crippen molar-refractivity contribution in [1.29, 1.82) is 0 Å². The van der Waals surface area contributed by atoms with Gasteiger partial charge in [0.2, 0.25) is 0 Å². The molecule has 2 atom stereocenters. The molecule has 0 aliphatic rings. The third kappa shape index (κ3) is 2.57. The normalized spacial score (nSPS) is 15.1. The van der Waals surface area contributed by atoms with Gasteiger partial charge in [-0.25, -0.2) is 0 Å². The Morgan fingerprint density at radius 2 is 1.79 bits per heavy atom. The minimum Gasteiger partial charge on any atom is -0.261 e. The molecule has 1 heterocycles. The maximum absolute atomic E-state index is 4.43. The molecule has 1 heteroatoms. The summed E-state index contributed by atoms with van der Waals surface area (Å²) in [5, 5.41) is 0. The molecule has 0 aromatic carbocycles. The number of hydrogen-bond donors (Lipinski definition) is 0. The third-order valence-corrected chi connectivity index (χ3v) is 3.10. The summed E-state index contributed by atoms with van der Waals surface area (Å²) in [7, 11) is 0. The Kier molecular flexibility index (Phi) is 4.12. The van der Waals surface area contributed by atoms with Crippen molar-refractivity contribution < 1.29 is 0 Å². The van der Waals surface area contributed by atoms with Crippen LogP contribution >= 0.6 is 0 Å². The molecule has 0 spiro atoms. The van der Waals surface area contributed by atoms with Crippen LogP contribution in [0.2, 0.25) is 0 Å². The van der Waals surface area contributed by atoms with Crippen LogP contribution in [0.25, 0.3) is 0 Å². The minimum atomic E-state index is 0.582. The first-order valence-electron chi connectivity index (χ1n) is 5.64. The Hall–Kier alpha value is -0.850. The quantitative estimate of drug-likeness (QED) is 0.698. The molecule has 0 saturated heterocycles. The van der Waals surface area contributed by atoms with E-state index in [-0.39, 0.29) is 0 Å². The zero-order valence-corrected chi connectivity index (χ0v) is 9.75. The Labute approximate surface area is 87.6 Å². The largest absolute Gasteiger partial charge is 0.261 e. The summed E-state index contributed by atoms with van der Waals surface area (Å²) in [4.78, 5) is 4.43. The van der Waals surface area contributed by atoms with Gasteiger partial charge in [-0.2, -0.15) is 0 Å². The summed E-state index contributed by atoms with van der Waals surface area (Å²) < 4.78 is 0. The van der Waals surface area contributed by atoms with Gasteiger partial charge in [0.05, 0.1) is 0 Å². The van der Waals surface area contributed by atoms with E-state index in [1.807, 2.05) is 6.20 Å². The molecule has 0 saturated carbocycles. The molecule has 1 nitrogen and oxygen atoms in total. The highest BCUT2D eigenvalue weighted by Gasteiger charge is 2.07. The predicted molar refractivity (Wildman–Crippen MR) is 61.6 cm³/mol. The van der Waals surface area contributed by atoms with Crippen LogP contribution in [0.15, 0.2) is 18.3 Å². The third-order valence-electron chi connectivity index (χ3n) is 3.10. The van der Waals surface area contributed by atoms with Gasteiger partial charge >= 0.3 is 0 Å². The Morgan fingerprint density at radius 1 is 1.14 bits per heavy atom. The monoisotopic (exact) mass is 191 g/mol. The molecule has 14 heavy (non-hydrogen) atoms. The molecule has 0 radical (unpaired) electrons. The summed E-state index contributed by atoms with van der Waals surface area (Å²) in [6, 6.07) is 4.41. The predicted octanol–water partition coefficient (Wildman–Crippen LogP) is 4.11. The summed E-state index contributed by atoms with van der Waals surface area (Å²) in [5.41, 5.74) is 2.67. The average Bonchev–Trinajstić information content (AvgIpc) is 2.27. The number of rotatable bonds is 4. The average molecular weight is 191 g/mol.